The standard InChI is InChI=1S/C23H31N3O6/c1-23(2,3)32-22(30)26-18(9-10-19(26)27)20(28)24-17-11-13-25(14-12-17)21(29)31-15-16-7-5-4-6-8-16/h4-8,17-18H,9-15H2,1-3H3,(H,24,28)/t18-/m1/s1. The second-order valence-corrected chi connectivity index (χ2v) is 9.11. The van der Waals surface area contributed by atoms with E-state index in [1.54, 1.807) is 25.7 Å². The minimum atomic E-state index is -0.869. The zero-order chi connectivity index (χ0) is 23.3. The van der Waals surface area contributed by atoms with Crippen LogP contribution in [0.2, 0.25) is 0 Å². The highest BCUT2D eigenvalue weighted by Gasteiger charge is 2.43. The summed E-state index contributed by atoms with van der Waals surface area (Å²) in [6, 6.07) is 8.45. The molecule has 0 aliphatic carbocycles. The van der Waals surface area contributed by atoms with Crippen molar-refractivity contribution >= 4 is 24.0 Å². The molecular weight excluding hydrogens is 414 g/mol. The van der Waals surface area contributed by atoms with Gasteiger partial charge in [0, 0.05) is 25.6 Å². The molecule has 2 heterocycles. The topological polar surface area (TPSA) is 105 Å². The summed E-state index contributed by atoms with van der Waals surface area (Å²) >= 11 is 0. The number of carbonyl (C=O) groups excluding carboxylic acids is 4. The molecule has 3 rings (SSSR count). The van der Waals surface area contributed by atoms with E-state index in [-0.39, 0.29) is 37.5 Å². The Kier molecular flexibility index (Phi) is 7.37. The van der Waals surface area contributed by atoms with Gasteiger partial charge in [0.05, 0.1) is 0 Å². The van der Waals surface area contributed by atoms with E-state index in [9.17, 15) is 19.2 Å². The molecule has 2 aliphatic rings. The number of piperidine rings is 1. The molecule has 9 nitrogen and oxygen atoms in total. The lowest BCUT2D eigenvalue weighted by molar-refractivity contribution is -0.135. The summed E-state index contributed by atoms with van der Waals surface area (Å²) in [6.07, 6.45) is 0.364. The molecule has 0 aromatic heterocycles. The molecule has 9 heteroatoms. The van der Waals surface area contributed by atoms with E-state index >= 15 is 0 Å². The van der Waals surface area contributed by atoms with Crippen LogP contribution < -0.4 is 5.32 Å². The molecule has 174 valence electrons. The predicted octanol–water partition coefficient (Wildman–Crippen LogP) is 2.83. The Hall–Kier alpha value is -3.10. The largest absolute Gasteiger partial charge is 0.445 e. The SMILES string of the molecule is CC(C)(C)OC(=O)N1C(=O)CC[C@@H]1C(=O)NC1CCN(C(=O)OCc2ccccc2)CC1. The Balaban J connectivity index is 1.46. The van der Waals surface area contributed by atoms with Crippen LogP contribution in [0.5, 0.6) is 0 Å². The van der Waals surface area contributed by atoms with Gasteiger partial charge in [-0.2, -0.15) is 0 Å². The van der Waals surface area contributed by atoms with Crippen molar-refractivity contribution in [3.8, 4) is 0 Å². The zero-order valence-corrected chi connectivity index (χ0v) is 18.8. The fourth-order valence-corrected chi connectivity index (χ4v) is 3.79. The van der Waals surface area contributed by atoms with Crippen LogP contribution in [-0.2, 0) is 25.7 Å². The second kappa shape index (κ2) is 10.0. The quantitative estimate of drug-likeness (QED) is 0.764. The normalized spacial score (nSPS) is 19.6. The lowest BCUT2D eigenvalue weighted by atomic mass is 10.0. The molecule has 32 heavy (non-hydrogen) atoms. The average Bonchev–Trinajstić information content (AvgIpc) is 3.14. The summed E-state index contributed by atoms with van der Waals surface area (Å²) < 4.78 is 10.6. The molecule has 4 amide bonds. The number of hydrogen-bond acceptors (Lipinski definition) is 6. The fraction of sp³-hybridized carbons (Fsp3) is 0.565. The van der Waals surface area contributed by atoms with E-state index in [0.29, 0.717) is 25.9 Å². The van der Waals surface area contributed by atoms with Gasteiger partial charge < -0.3 is 19.7 Å². The number of imide groups is 1. The van der Waals surface area contributed by atoms with E-state index in [1.165, 1.54) is 0 Å². The lowest BCUT2D eigenvalue weighted by Gasteiger charge is -2.33. The Morgan fingerprint density at radius 2 is 1.69 bits per heavy atom. The molecule has 1 N–H and O–H groups in total. The van der Waals surface area contributed by atoms with Gasteiger partial charge in [-0.1, -0.05) is 30.3 Å². The molecule has 0 radical (unpaired) electrons. The van der Waals surface area contributed by atoms with Gasteiger partial charge in [0.15, 0.2) is 0 Å². The molecule has 0 spiro atoms. The van der Waals surface area contributed by atoms with Crippen molar-refractivity contribution in [1.29, 1.82) is 0 Å². The van der Waals surface area contributed by atoms with Crippen molar-refractivity contribution in [3.05, 3.63) is 35.9 Å². The second-order valence-electron chi connectivity index (χ2n) is 9.11. The number of rotatable bonds is 4. The highest BCUT2D eigenvalue weighted by atomic mass is 16.6. The van der Waals surface area contributed by atoms with Crippen LogP contribution in [0, 0.1) is 0 Å². The minimum Gasteiger partial charge on any atom is -0.445 e. The number of nitrogens with one attached hydrogen (secondary N) is 1. The van der Waals surface area contributed by atoms with E-state index in [4.69, 9.17) is 9.47 Å². The maximum absolute atomic E-state index is 12.8. The molecule has 1 aromatic rings. The lowest BCUT2D eigenvalue weighted by Crippen LogP contribution is -2.53. The van der Waals surface area contributed by atoms with Gasteiger partial charge in [-0.25, -0.2) is 14.5 Å². The van der Waals surface area contributed by atoms with Crippen molar-refractivity contribution in [2.24, 2.45) is 0 Å². The fourth-order valence-electron chi connectivity index (χ4n) is 3.79. The number of carbonyl (C=O) groups is 4. The molecule has 2 fully saturated rings. The molecule has 1 aromatic carbocycles. The van der Waals surface area contributed by atoms with Gasteiger partial charge in [0.25, 0.3) is 0 Å². The smallest absolute Gasteiger partial charge is 0.417 e. The van der Waals surface area contributed by atoms with Crippen LogP contribution in [0.3, 0.4) is 0 Å². The summed E-state index contributed by atoms with van der Waals surface area (Å²) in [5.74, 6) is -0.776. The van der Waals surface area contributed by atoms with Crippen LogP contribution in [0.4, 0.5) is 9.59 Å². The van der Waals surface area contributed by atoms with Crippen molar-refractivity contribution in [3.63, 3.8) is 0 Å². The van der Waals surface area contributed by atoms with Gasteiger partial charge in [0.1, 0.15) is 18.2 Å². The third-order valence-corrected chi connectivity index (χ3v) is 5.41. The summed E-state index contributed by atoms with van der Waals surface area (Å²) in [5, 5.41) is 2.93. The molecule has 2 saturated heterocycles. The number of hydrogen-bond donors (Lipinski definition) is 1. The Bertz CT molecular complexity index is 843. The van der Waals surface area contributed by atoms with Gasteiger partial charge in [-0.05, 0) is 45.6 Å². The number of ether oxygens (including phenoxy) is 2. The van der Waals surface area contributed by atoms with Crippen LogP contribution in [-0.4, -0.2) is 64.6 Å². The van der Waals surface area contributed by atoms with Crippen molar-refractivity contribution in [2.45, 2.75) is 70.7 Å². The first-order valence-corrected chi connectivity index (χ1v) is 10.9. The first-order valence-electron chi connectivity index (χ1n) is 10.9. The summed E-state index contributed by atoms with van der Waals surface area (Å²) in [5.41, 5.74) is 0.159. The predicted molar refractivity (Wildman–Crippen MR) is 115 cm³/mol. The van der Waals surface area contributed by atoms with E-state index < -0.39 is 23.6 Å². The molecular formula is C23H31N3O6. The molecule has 0 bridgehead atoms. The number of nitrogens with zero attached hydrogens (tertiary/aromatic N) is 2. The maximum atomic E-state index is 12.8. The van der Waals surface area contributed by atoms with Crippen molar-refractivity contribution in [1.82, 2.24) is 15.1 Å². The van der Waals surface area contributed by atoms with Gasteiger partial charge in [-0.3, -0.25) is 9.59 Å². The summed E-state index contributed by atoms with van der Waals surface area (Å²) in [6.45, 7) is 6.25. The molecule has 1 atom stereocenters. The van der Waals surface area contributed by atoms with Crippen molar-refractivity contribution < 1.29 is 28.7 Å². The number of amides is 4. The number of benzene rings is 1. The highest BCUT2D eigenvalue weighted by molar-refractivity contribution is 6.00. The first-order chi connectivity index (χ1) is 15.1. The molecule has 0 saturated carbocycles. The van der Waals surface area contributed by atoms with Gasteiger partial charge >= 0.3 is 12.2 Å². The van der Waals surface area contributed by atoms with Crippen LogP contribution in [0.25, 0.3) is 0 Å². The minimum absolute atomic E-state index is 0.128. The third-order valence-electron chi connectivity index (χ3n) is 5.41. The Labute approximate surface area is 188 Å². The summed E-state index contributed by atoms with van der Waals surface area (Å²) in [7, 11) is 0. The van der Waals surface area contributed by atoms with E-state index in [0.717, 1.165) is 10.5 Å². The summed E-state index contributed by atoms with van der Waals surface area (Å²) in [4.78, 5) is 52.2. The van der Waals surface area contributed by atoms with Gasteiger partial charge in [-0.15, -0.1) is 0 Å². The monoisotopic (exact) mass is 445 g/mol. The third kappa shape index (κ3) is 6.21. The molecule has 2 aliphatic heterocycles. The average molecular weight is 446 g/mol. The Morgan fingerprint density at radius 3 is 2.31 bits per heavy atom. The molecule has 0 unspecified atom stereocenters. The highest BCUT2D eigenvalue weighted by Crippen LogP contribution is 2.23. The number of likely N-dealkylation sites (tertiary alicyclic amines) is 2. The first kappa shape index (κ1) is 23.6. The van der Waals surface area contributed by atoms with Crippen LogP contribution in [0.1, 0.15) is 52.0 Å². The van der Waals surface area contributed by atoms with Crippen LogP contribution >= 0.6 is 0 Å². The van der Waals surface area contributed by atoms with Gasteiger partial charge in [0.2, 0.25) is 11.8 Å². The zero-order valence-electron chi connectivity index (χ0n) is 18.8. The van der Waals surface area contributed by atoms with Crippen molar-refractivity contribution in [2.75, 3.05) is 13.1 Å². The maximum Gasteiger partial charge on any atom is 0.417 e. The van der Waals surface area contributed by atoms with E-state index in [1.807, 2.05) is 30.3 Å². The Morgan fingerprint density at radius 1 is 1.03 bits per heavy atom. The van der Waals surface area contributed by atoms with E-state index in [2.05, 4.69) is 5.32 Å². The van der Waals surface area contributed by atoms with Crippen LogP contribution in [0.15, 0.2) is 30.3 Å².